The second kappa shape index (κ2) is 5.29. The molecular formula is C11H10FN3O4S. The number of nitrogens with zero attached hydrogens (tertiary/aromatic N) is 1. The van der Waals surface area contributed by atoms with E-state index in [2.05, 4.69) is 14.7 Å². The Morgan fingerprint density at radius 3 is 2.80 bits per heavy atom. The van der Waals surface area contributed by atoms with Gasteiger partial charge < -0.3 is 9.72 Å². The van der Waals surface area contributed by atoms with Gasteiger partial charge in [0.15, 0.2) is 5.03 Å². The van der Waals surface area contributed by atoms with Gasteiger partial charge in [-0.2, -0.15) is 8.42 Å². The minimum Gasteiger partial charge on any atom is -0.465 e. The Bertz CT molecular complexity index is 728. The van der Waals surface area contributed by atoms with Crippen LogP contribution in [0.1, 0.15) is 10.4 Å². The van der Waals surface area contributed by atoms with E-state index in [1.54, 1.807) is 0 Å². The normalized spacial score (nSPS) is 11.1. The van der Waals surface area contributed by atoms with Crippen LogP contribution in [-0.4, -0.2) is 31.5 Å². The van der Waals surface area contributed by atoms with Crippen LogP contribution in [0, 0.1) is 5.82 Å². The molecule has 1 heterocycles. The number of halogens is 1. The minimum atomic E-state index is -4.00. The minimum absolute atomic E-state index is 0.0243. The topological polar surface area (TPSA) is 101 Å². The maximum absolute atomic E-state index is 13.6. The Balaban J connectivity index is 2.36. The average Bonchev–Trinajstić information content (AvgIpc) is 2.95. The molecule has 0 aliphatic carbocycles. The molecule has 0 bridgehead atoms. The zero-order valence-electron chi connectivity index (χ0n) is 10.3. The highest BCUT2D eigenvalue weighted by Crippen LogP contribution is 2.20. The van der Waals surface area contributed by atoms with E-state index in [1.807, 2.05) is 4.72 Å². The molecule has 0 aliphatic heterocycles. The Kier molecular flexibility index (Phi) is 3.70. The molecule has 0 radical (unpaired) electrons. The fraction of sp³-hybridized carbons (Fsp3) is 0.0909. The molecule has 20 heavy (non-hydrogen) atoms. The number of hydrogen-bond acceptors (Lipinski definition) is 5. The van der Waals surface area contributed by atoms with E-state index < -0.39 is 21.8 Å². The van der Waals surface area contributed by atoms with Crippen molar-refractivity contribution in [1.82, 2.24) is 9.97 Å². The van der Waals surface area contributed by atoms with Gasteiger partial charge in [-0.3, -0.25) is 4.72 Å². The van der Waals surface area contributed by atoms with Crippen LogP contribution in [0.25, 0.3) is 0 Å². The molecule has 9 heteroatoms. The van der Waals surface area contributed by atoms with E-state index in [4.69, 9.17) is 0 Å². The number of nitrogens with one attached hydrogen (secondary N) is 2. The predicted molar refractivity (Wildman–Crippen MR) is 67.1 cm³/mol. The van der Waals surface area contributed by atoms with Gasteiger partial charge >= 0.3 is 5.97 Å². The molecule has 1 aromatic carbocycles. The van der Waals surface area contributed by atoms with Crippen molar-refractivity contribution in [3.8, 4) is 0 Å². The van der Waals surface area contributed by atoms with Crippen LogP contribution in [0.15, 0.2) is 35.7 Å². The highest BCUT2D eigenvalue weighted by molar-refractivity contribution is 7.92. The average molecular weight is 299 g/mol. The Morgan fingerprint density at radius 1 is 1.45 bits per heavy atom. The van der Waals surface area contributed by atoms with Crippen LogP contribution in [0.3, 0.4) is 0 Å². The number of benzene rings is 1. The molecular weight excluding hydrogens is 289 g/mol. The van der Waals surface area contributed by atoms with E-state index in [-0.39, 0.29) is 16.3 Å². The molecule has 0 amide bonds. The number of imidazole rings is 1. The lowest BCUT2D eigenvalue weighted by Gasteiger charge is -2.08. The molecule has 0 saturated heterocycles. The smallest absolute Gasteiger partial charge is 0.337 e. The summed E-state index contributed by atoms with van der Waals surface area (Å²) in [7, 11) is -2.84. The third-order valence-electron chi connectivity index (χ3n) is 2.39. The number of carbonyl (C=O) groups excluding carboxylic acids is 1. The lowest BCUT2D eigenvalue weighted by molar-refractivity contribution is 0.0600. The molecule has 7 nitrogen and oxygen atoms in total. The summed E-state index contributed by atoms with van der Waals surface area (Å²) in [5.41, 5.74) is -0.335. The number of aromatic nitrogens is 2. The van der Waals surface area contributed by atoms with Crippen molar-refractivity contribution in [1.29, 1.82) is 0 Å². The maximum Gasteiger partial charge on any atom is 0.337 e. The first-order chi connectivity index (χ1) is 9.44. The number of ether oxygens (including phenoxy) is 1. The Morgan fingerprint density at radius 2 is 2.20 bits per heavy atom. The molecule has 0 atom stereocenters. The molecule has 1 aromatic heterocycles. The van der Waals surface area contributed by atoms with Gasteiger partial charge in [-0.05, 0) is 18.2 Å². The number of rotatable bonds is 4. The van der Waals surface area contributed by atoms with Gasteiger partial charge in [0.05, 0.1) is 30.9 Å². The summed E-state index contributed by atoms with van der Waals surface area (Å²) in [6, 6.07) is 3.21. The molecule has 0 unspecified atom stereocenters. The summed E-state index contributed by atoms with van der Waals surface area (Å²) >= 11 is 0. The van der Waals surface area contributed by atoms with Crippen molar-refractivity contribution in [3.05, 3.63) is 42.1 Å². The van der Waals surface area contributed by atoms with E-state index in [0.29, 0.717) is 0 Å². The van der Waals surface area contributed by atoms with Crippen LogP contribution in [-0.2, 0) is 14.8 Å². The number of aromatic amines is 1. The number of esters is 1. The second-order valence-corrected chi connectivity index (χ2v) is 5.36. The highest BCUT2D eigenvalue weighted by Gasteiger charge is 2.19. The molecule has 2 rings (SSSR count). The van der Waals surface area contributed by atoms with Crippen LogP contribution in [0.5, 0.6) is 0 Å². The van der Waals surface area contributed by atoms with Gasteiger partial charge in [0, 0.05) is 0 Å². The van der Waals surface area contributed by atoms with Crippen LogP contribution >= 0.6 is 0 Å². The van der Waals surface area contributed by atoms with Crippen molar-refractivity contribution < 1.29 is 22.3 Å². The summed E-state index contributed by atoms with van der Waals surface area (Å²) in [4.78, 5) is 17.3. The number of anilines is 1. The lowest BCUT2D eigenvalue weighted by atomic mass is 10.2. The summed E-state index contributed by atoms with van der Waals surface area (Å²) in [6.45, 7) is 0. The molecule has 2 N–H and O–H groups in total. The van der Waals surface area contributed by atoms with Gasteiger partial charge in [0.1, 0.15) is 5.82 Å². The molecule has 0 aliphatic rings. The Labute approximate surface area is 113 Å². The SMILES string of the molecule is COC(=O)c1ccc(F)c(NS(=O)(=O)c2cnc[nH]2)c1. The first kappa shape index (κ1) is 14.0. The fourth-order valence-corrected chi connectivity index (χ4v) is 2.40. The first-order valence-electron chi connectivity index (χ1n) is 5.33. The number of H-pyrrole nitrogens is 1. The van der Waals surface area contributed by atoms with Crippen LogP contribution < -0.4 is 4.72 Å². The molecule has 0 saturated carbocycles. The van der Waals surface area contributed by atoms with Gasteiger partial charge in [-0.25, -0.2) is 14.2 Å². The Hall–Kier alpha value is -2.42. The third-order valence-corrected chi connectivity index (χ3v) is 3.69. The summed E-state index contributed by atoms with van der Waals surface area (Å²) in [5.74, 6) is -1.52. The van der Waals surface area contributed by atoms with E-state index in [0.717, 1.165) is 18.3 Å². The van der Waals surface area contributed by atoms with Gasteiger partial charge in [-0.15, -0.1) is 0 Å². The summed E-state index contributed by atoms with van der Waals surface area (Å²) in [6.07, 6.45) is 2.25. The largest absolute Gasteiger partial charge is 0.465 e. The predicted octanol–water partition coefficient (Wildman–Crippen LogP) is 1.14. The monoisotopic (exact) mass is 299 g/mol. The van der Waals surface area contributed by atoms with Crippen molar-refractivity contribution in [2.24, 2.45) is 0 Å². The van der Waals surface area contributed by atoms with Crippen LogP contribution in [0.4, 0.5) is 10.1 Å². The van der Waals surface area contributed by atoms with E-state index in [1.165, 1.54) is 19.5 Å². The standard InChI is InChI=1S/C11H10FN3O4S/c1-19-11(16)7-2-3-8(12)9(4-7)15-20(17,18)10-5-13-6-14-10/h2-6,15H,1H3,(H,13,14). The summed E-state index contributed by atoms with van der Waals surface area (Å²) in [5, 5.41) is -0.222. The lowest BCUT2D eigenvalue weighted by Crippen LogP contribution is -2.15. The number of sulfonamides is 1. The van der Waals surface area contributed by atoms with E-state index in [9.17, 15) is 17.6 Å². The quantitative estimate of drug-likeness (QED) is 0.824. The highest BCUT2D eigenvalue weighted by atomic mass is 32.2. The van der Waals surface area contributed by atoms with Crippen molar-refractivity contribution in [2.75, 3.05) is 11.8 Å². The molecule has 0 fully saturated rings. The van der Waals surface area contributed by atoms with Gasteiger partial charge in [0.25, 0.3) is 10.0 Å². The zero-order valence-corrected chi connectivity index (χ0v) is 11.1. The number of hydrogen-bond donors (Lipinski definition) is 2. The van der Waals surface area contributed by atoms with Crippen molar-refractivity contribution in [3.63, 3.8) is 0 Å². The van der Waals surface area contributed by atoms with E-state index >= 15 is 0 Å². The molecule has 106 valence electrons. The number of methoxy groups -OCH3 is 1. The summed E-state index contributed by atoms with van der Waals surface area (Å²) < 4.78 is 43.9. The molecule has 0 spiro atoms. The van der Waals surface area contributed by atoms with Crippen LogP contribution in [0.2, 0.25) is 0 Å². The maximum atomic E-state index is 13.6. The van der Waals surface area contributed by atoms with Gasteiger partial charge in [0.2, 0.25) is 0 Å². The third kappa shape index (κ3) is 2.77. The van der Waals surface area contributed by atoms with Crippen molar-refractivity contribution >= 4 is 21.7 Å². The second-order valence-electron chi connectivity index (χ2n) is 3.71. The zero-order chi connectivity index (χ0) is 14.8. The fourth-order valence-electron chi connectivity index (χ4n) is 1.44. The van der Waals surface area contributed by atoms with Crippen molar-refractivity contribution in [2.45, 2.75) is 5.03 Å². The van der Waals surface area contributed by atoms with Gasteiger partial charge in [-0.1, -0.05) is 0 Å². The number of carbonyl (C=O) groups is 1. The first-order valence-corrected chi connectivity index (χ1v) is 6.81. The molecule has 2 aromatic rings.